The van der Waals surface area contributed by atoms with Gasteiger partial charge in [-0.25, -0.2) is 0 Å². The average molecular weight is 690 g/mol. The van der Waals surface area contributed by atoms with Crippen LogP contribution in [0, 0.1) is 0 Å². The van der Waals surface area contributed by atoms with Crippen molar-refractivity contribution in [2.75, 3.05) is 4.90 Å². The SMILES string of the molecule is c1ccc(-c2ccc(-c3ccccc3N(c3ccc(-c4ccc5oc6ccccc6c5c4)cc3)c3cccc(-c4ccc5ccccc5c4)c3)cc2)cc1. The standard InChI is InChI=1S/C52H35NO/c1-2-11-36(12-3-1)38-21-24-40(25-22-38)47-17-6-8-19-50(47)53(46-16-10-15-42(34-46)43-26-23-37-13-4-5-14-41(37)33-43)45-30-27-39(28-31-45)44-29-32-52-49(35-44)48-18-7-9-20-51(48)54-52/h1-35H. The summed E-state index contributed by atoms with van der Waals surface area (Å²) in [5.74, 6) is 0. The Morgan fingerprint density at radius 1 is 0.296 bits per heavy atom. The normalized spacial score (nSPS) is 11.3. The number of rotatable bonds is 7. The molecule has 2 heteroatoms. The van der Waals surface area contributed by atoms with Gasteiger partial charge in [-0.2, -0.15) is 0 Å². The van der Waals surface area contributed by atoms with Gasteiger partial charge in [0.05, 0.1) is 5.69 Å². The molecule has 0 aliphatic carbocycles. The van der Waals surface area contributed by atoms with Gasteiger partial charge in [-0.05, 0) is 104 Å². The summed E-state index contributed by atoms with van der Waals surface area (Å²) in [7, 11) is 0. The average Bonchev–Trinajstić information content (AvgIpc) is 3.63. The molecule has 10 aromatic rings. The summed E-state index contributed by atoms with van der Waals surface area (Å²) in [5, 5.41) is 4.74. The zero-order chi connectivity index (χ0) is 35.8. The van der Waals surface area contributed by atoms with Crippen molar-refractivity contribution in [3.63, 3.8) is 0 Å². The summed E-state index contributed by atoms with van der Waals surface area (Å²) in [6, 6.07) is 76.1. The van der Waals surface area contributed by atoms with Gasteiger partial charge < -0.3 is 9.32 Å². The quantitative estimate of drug-likeness (QED) is 0.166. The topological polar surface area (TPSA) is 16.4 Å². The maximum absolute atomic E-state index is 6.12. The van der Waals surface area contributed by atoms with E-state index in [4.69, 9.17) is 4.42 Å². The van der Waals surface area contributed by atoms with Gasteiger partial charge in [0.2, 0.25) is 0 Å². The minimum atomic E-state index is 0.905. The fourth-order valence-electron chi connectivity index (χ4n) is 7.71. The Bertz CT molecular complexity index is 2920. The second-order valence-corrected chi connectivity index (χ2v) is 13.8. The van der Waals surface area contributed by atoms with Crippen molar-refractivity contribution in [1.29, 1.82) is 0 Å². The van der Waals surface area contributed by atoms with Crippen LogP contribution in [0.4, 0.5) is 17.1 Å². The van der Waals surface area contributed by atoms with Crippen LogP contribution in [0.25, 0.3) is 77.2 Å². The molecule has 0 saturated carbocycles. The molecule has 1 aromatic heterocycles. The number of para-hydroxylation sites is 2. The fourth-order valence-corrected chi connectivity index (χ4v) is 7.71. The second-order valence-electron chi connectivity index (χ2n) is 13.8. The Hall–Kier alpha value is -7.16. The summed E-state index contributed by atoms with van der Waals surface area (Å²) >= 11 is 0. The van der Waals surface area contributed by atoms with Crippen LogP contribution < -0.4 is 4.90 Å². The third-order valence-electron chi connectivity index (χ3n) is 10.5. The number of nitrogens with zero attached hydrogens (tertiary/aromatic N) is 1. The van der Waals surface area contributed by atoms with E-state index in [9.17, 15) is 0 Å². The first-order valence-corrected chi connectivity index (χ1v) is 18.4. The molecule has 254 valence electrons. The molecule has 0 saturated heterocycles. The number of benzene rings is 9. The molecule has 0 fully saturated rings. The summed E-state index contributed by atoms with van der Waals surface area (Å²) in [6.45, 7) is 0. The lowest BCUT2D eigenvalue weighted by Crippen LogP contribution is -2.11. The van der Waals surface area contributed by atoms with E-state index in [0.717, 1.165) is 55.7 Å². The molecule has 10 rings (SSSR count). The third kappa shape index (κ3) is 5.81. The fraction of sp³-hybridized carbons (Fsp3) is 0. The highest BCUT2D eigenvalue weighted by molar-refractivity contribution is 6.06. The lowest BCUT2D eigenvalue weighted by atomic mass is 9.97. The van der Waals surface area contributed by atoms with Crippen molar-refractivity contribution < 1.29 is 4.42 Å². The molecule has 0 aliphatic heterocycles. The van der Waals surface area contributed by atoms with Crippen LogP contribution in [-0.2, 0) is 0 Å². The Labute approximate surface area is 314 Å². The molecule has 0 N–H and O–H groups in total. The molecule has 54 heavy (non-hydrogen) atoms. The lowest BCUT2D eigenvalue weighted by Gasteiger charge is -2.28. The minimum Gasteiger partial charge on any atom is -0.456 e. The van der Waals surface area contributed by atoms with E-state index in [2.05, 4.69) is 205 Å². The van der Waals surface area contributed by atoms with Crippen LogP contribution >= 0.6 is 0 Å². The summed E-state index contributed by atoms with van der Waals surface area (Å²) in [5.41, 5.74) is 14.5. The molecule has 0 atom stereocenters. The van der Waals surface area contributed by atoms with Gasteiger partial charge in [0.25, 0.3) is 0 Å². The van der Waals surface area contributed by atoms with Crippen LogP contribution in [0.1, 0.15) is 0 Å². The van der Waals surface area contributed by atoms with Crippen LogP contribution in [0.15, 0.2) is 217 Å². The largest absolute Gasteiger partial charge is 0.456 e. The maximum Gasteiger partial charge on any atom is 0.135 e. The molecule has 0 aliphatic rings. The van der Waals surface area contributed by atoms with E-state index in [1.54, 1.807) is 0 Å². The van der Waals surface area contributed by atoms with Crippen LogP contribution in [-0.4, -0.2) is 0 Å². The number of hydrogen-bond donors (Lipinski definition) is 0. The van der Waals surface area contributed by atoms with Gasteiger partial charge in [0.1, 0.15) is 11.2 Å². The highest BCUT2D eigenvalue weighted by Gasteiger charge is 2.18. The maximum atomic E-state index is 6.12. The first-order chi connectivity index (χ1) is 26.7. The van der Waals surface area contributed by atoms with Gasteiger partial charge in [-0.1, -0.05) is 158 Å². The van der Waals surface area contributed by atoms with Crippen molar-refractivity contribution in [3.05, 3.63) is 212 Å². The number of hydrogen-bond acceptors (Lipinski definition) is 2. The molecule has 0 unspecified atom stereocenters. The summed E-state index contributed by atoms with van der Waals surface area (Å²) in [4.78, 5) is 2.39. The first-order valence-electron chi connectivity index (χ1n) is 18.4. The van der Waals surface area contributed by atoms with E-state index in [1.165, 1.54) is 38.6 Å². The van der Waals surface area contributed by atoms with E-state index < -0.39 is 0 Å². The molecule has 9 aromatic carbocycles. The van der Waals surface area contributed by atoms with Crippen molar-refractivity contribution >= 4 is 49.8 Å². The molecule has 0 radical (unpaired) electrons. The smallest absolute Gasteiger partial charge is 0.135 e. The summed E-state index contributed by atoms with van der Waals surface area (Å²) in [6.07, 6.45) is 0. The zero-order valence-electron chi connectivity index (χ0n) is 29.6. The van der Waals surface area contributed by atoms with Crippen molar-refractivity contribution in [2.24, 2.45) is 0 Å². The third-order valence-corrected chi connectivity index (χ3v) is 10.5. The van der Waals surface area contributed by atoms with E-state index in [-0.39, 0.29) is 0 Å². The van der Waals surface area contributed by atoms with Crippen LogP contribution in [0.3, 0.4) is 0 Å². The highest BCUT2D eigenvalue weighted by atomic mass is 16.3. The number of fused-ring (bicyclic) bond motifs is 4. The van der Waals surface area contributed by atoms with E-state index in [0.29, 0.717) is 0 Å². The van der Waals surface area contributed by atoms with Gasteiger partial charge >= 0.3 is 0 Å². The van der Waals surface area contributed by atoms with Crippen LogP contribution in [0.2, 0.25) is 0 Å². The van der Waals surface area contributed by atoms with Crippen molar-refractivity contribution in [3.8, 4) is 44.5 Å². The van der Waals surface area contributed by atoms with Gasteiger partial charge in [0.15, 0.2) is 0 Å². The molecule has 2 nitrogen and oxygen atoms in total. The van der Waals surface area contributed by atoms with E-state index >= 15 is 0 Å². The minimum absolute atomic E-state index is 0.905. The van der Waals surface area contributed by atoms with Crippen molar-refractivity contribution in [2.45, 2.75) is 0 Å². The summed E-state index contributed by atoms with van der Waals surface area (Å²) < 4.78 is 6.12. The van der Waals surface area contributed by atoms with E-state index in [1.807, 2.05) is 12.1 Å². The molecular formula is C52H35NO. The molecular weight excluding hydrogens is 655 g/mol. The predicted molar refractivity (Wildman–Crippen MR) is 228 cm³/mol. The Balaban J connectivity index is 1.09. The van der Waals surface area contributed by atoms with Crippen molar-refractivity contribution in [1.82, 2.24) is 0 Å². The first kappa shape index (κ1) is 31.6. The Morgan fingerprint density at radius 3 is 1.74 bits per heavy atom. The Kier molecular flexibility index (Phi) is 7.85. The van der Waals surface area contributed by atoms with Gasteiger partial charge in [-0.15, -0.1) is 0 Å². The molecule has 0 spiro atoms. The second kappa shape index (κ2) is 13.4. The van der Waals surface area contributed by atoms with Crippen LogP contribution in [0.5, 0.6) is 0 Å². The number of anilines is 3. The lowest BCUT2D eigenvalue weighted by molar-refractivity contribution is 0.669. The monoisotopic (exact) mass is 689 g/mol. The highest BCUT2D eigenvalue weighted by Crippen LogP contribution is 2.43. The molecule has 1 heterocycles. The van der Waals surface area contributed by atoms with Gasteiger partial charge in [0, 0.05) is 27.7 Å². The number of furan rings is 1. The predicted octanol–water partition coefficient (Wildman–Crippen LogP) is 14.9. The van der Waals surface area contributed by atoms with Gasteiger partial charge in [-0.3, -0.25) is 0 Å². The zero-order valence-corrected chi connectivity index (χ0v) is 29.6. The molecule has 0 amide bonds. The molecule has 0 bridgehead atoms. The Morgan fingerprint density at radius 2 is 0.870 bits per heavy atom.